The molecule has 0 saturated heterocycles. The van der Waals surface area contributed by atoms with Gasteiger partial charge in [-0.1, -0.05) is 28.9 Å². The van der Waals surface area contributed by atoms with E-state index >= 15 is 0 Å². The summed E-state index contributed by atoms with van der Waals surface area (Å²) in [6, 6.07) is 7.78. The lowest BCUT2D eigenvalue weighted by molar-refractivity contribution is 0.200. The summed E-state index contributed by atoms with van der Waals surface area (Å²) in [6.45, 7) is 1.63. The van der Waals surface area contributed by atoms with E-state index in [-0.39, 0.29) is 5.82 Å². The van der Waals surface area contributed by atoms with Crippen molar-refractivity contribution in [2.45, 2.75) is 13.0 Å². The van der Waals surface area contributed by atoms with Crippen molar-refractivity contribution < 1.29 is 14.0 Å². The minimum Gasteiger partial charge on any atom is -0.389 e. The Morgan fingerprint density at radius 3 is 2.85 bits per heavy atom. The monoisotopic (exact) mass is 291 g/mol. The van der Waals surface area contributed by atoms with Crippen LogP contribution >= 0.6 is 11.6 Å². The van der Waals surface area contributed by atoms with Gasteiger partial charge in [0, 0.05) is 5.56 Å². The second-order valence-corrected chi connectivity index (χ2v) is 4.99. The minimum atomic E-state index is -0.758. The van der Waals surface area contributed by atoms with Crippen LogP contribution in [0.4, 0.5) is 4.39 Å². The molecule has 0 saturated carbocycles. The number of nitrogens with zero attached hydrogens (tertiary/aromatic N) is 1. The van der Waals surface area contributed by atoms with Crippen LogP contribution in [0.3, 0.4) is 0 Å². The summed E-state index contributed by atoms with van der Waals surface area (Å²) in [7, 11) is 0. The van der Waals surface area contributed by atoms with Gasteiger partial charge in [0.2, 0.25) is 0 Å². The van der Waals surface area contributed by atoms with E-state index in [9.17, 15) is 9.50 Å². The highest BCUT2D eigenvalue weighted by Crippen LogP contribution is 2.38. The molecule has 1 heterocycles. The SMILES string of the molecule is CC(O)c1cc(Cl)c2conc2c1-c1cccc(F)c1. The lowest BCUT2D eigenvalue weighted by Gasteiger charge is -2.13. The summed E-state index contributed by atoms with van der Waals surface area (Å²) in [5, 5.41) is 15.0. The fraction of sp³-hybridized carbons (Fsp3) is 0.133. The Kier molecular flexibility index (Phi) is 3.20. The number of fused-ring (bicyclic) bond motifs is 1. The quantitative estimate of drug-likeness (QED) is 0.764. The summed E-state index contributed by atoms with van der Waals surface area (Å²) < 4.78 is 18.4. The van der Waals surface area contributed by atoms with Crippen molar-refractivity contribution in [2.75, 3.05) is 0 Å². The van der Waals surface area contributed by atoms with Gasteiger partial charge in [-0.15, -0.1) is 0 Å². The van der Waals surface area contributed by atoms with Crippen LogP contribution < -0.4 is 0 Å². The predicted octanol–water partition coefficient (Wildman–Crippen LogP) is 4.34. The molecule has 0 aliphatic rings. The van der Waals surface area contributed by atoms with Crippen molar-refractivity contribution in [3.05, 3.63) is 53.0 Å². The molecule has 0 amide bonds. The highest BCUT2D eigenvalue weighted by Gasteiger charge is 2.19. The Balaban J connectivity index is 2.40. The number of halogens is 2. The maximum absolute atomic E-state index is 13.5. The van der Waals surface area contributed by atoms with Crippen LogP contribution in [-0.4, -0.2) is 10.3 Å². The first-order chi connectivity index (χ1) is 9.58. The van der Waals surface area contributed by atoms with Crippen LogP contribution in [0, 0.1) is 5.82 Å². The van der Waals surface area contributed by atoms with Gasteiger partial charge in [0.25, 0.3) is 0 Å². The van der Waals surface area contributed by atoms with Crippen molar-refractivity contribution in [3.63, 3.8) is 0 Å². The predicted molar refractivity (Wildman–Crippen MR) is 75.0 cm³/mol. The molecule has 3 rings (SSSR count). The van der Waals surface area contributed by atoms with Crippen molar-refractivity contribution >= 4 is 22.5 Å². The molecule has 102 valence electrons. The van der Waals surface area contributed by atoms with Gasteiger partial charge in [0.1, 0.15) is 17.6 Å². The normalized spacial score (nSPS) is 12.8. The molecule has 3 aromatic rings. The van der Waals surface area contributed by atoms with E-state index in [0.717, 1.165) is 0 Å². The maximum Gasteiger partial charge on any atom is 0.133 e. The average molecular weight is 292 g/mol. The highest BCUT2D eigenvalue weighted by atomic mass is 35.5. The summed E-state index contributed by atoms with van der Waals surface area (Å²) in [5.74, 6) is -0.356. The fourth-order valence-corrected chi connectivity index (χ4v) is 2.54. The molecule has 5 heteroatoms. The van der Waals surface area contributed by atoms with Crippen LogP contribution in [0.15, 0.2) is 41.1 Å². The molecule has 1 unspecified atom stereocenters. The fourth-order valence-electron chi connectivity index (χ4n) is 2.29. The smallest absolute Gasteiger partial charge is 0.133 e. The third-order valence-electron chi connectivity index (χ3n) is 3.20. The van der Waals surface area contributed by atoms with Crippen LogP contribution in [0.5, 0.6) is 0 Å². The maximum atomic E-state index is 13.5. The summed E-state index contributed by atoms with van der Waals surface area (Å²) in [4.78, 5) is 0. The number of benzene rings is 2. The zero-order valence-electron chi connectivity index (χ0n) is 10.6. The molecule has 0 fully saturated rings. The first-order valence-corrected chi connectivity index (χ1v) is 6.46. The second kappa shape index (κ2) is 4.89. The molecule has 1 N–H and O–H groups in total. The third-order valence-corrected chi connectivity index (χ3v) is 3.51. The number of hydrogen-bond acceptors (Lipinski definition) is 3. The molecule has 0 radical (unpaired) electrons. The number of rotatable bonds is 2. The molecule has 2 aromatic carbocycles. The van der Waals surface area contributed by atoms with Gasteiger partial charge in [-0.05, 0) is 36.2 Å². The number of hydrogen-bond donors (Lipinski definition) is 1. The molecule has 20 heavy (non-hydrogen) atoms. The van der Waals surface area contributed by atoms with Gasteiger partial charge in [-0.2, -0.15) is 0 Å². The van der Waals surface area contributed by atoms with E-state index in [2.05, 4.69) is 5.16 Å². The van der Waals surface area contributed by atoms with Crippen LogP contribution in [0.2, 0.25) is 5.02 Å². The average Bonchev–Trinajstić information content (AvgIpc) is 2.88. The topological polar surface area (TPSA) is 46.3 Å². The Morgan fingerprint density at radius 2 is 2.15 bits per heavy atom. The largest absolute Gasteiger partial charge is 0.389 e. The van der Waals surface area contributed by atoms with Gasteiger partial charge < -0.3 is 9.63 Å². The summed E-state index contributed by atoms with van der Waals surface area (Å²) >= 11 is 6.15. The van der Waals surface area contributed by atoms with Crippen LogP contribution in [0.1, 0.15) is 18.6 Å². The highest BCUT2D eigenvalue weighted by molar-refractivity contribution is 6.36. The van der Waals surface area contributed by atoms with Crippen LogP contribution in [-0.2, 0) is 0 Å². The molecule has 1 aromatic heterocycles. The Bertz CT molecular complexity index is 783. The van der Waals surface area contributed by atoms with E-state index in [1.54, 1.807) is 25.1 Å². The molecular formula is C15H11ClFNO2. The third kappa shape index (κ3) is 2.07. The molecule has 3 nitrogen and oxygen atoms in total. The van der Waals surface area contributed by atoms with Gasteiger partial charge >= 0.3 is 0 Å². The zero-order valence-corrected chi connectivity index (χ0v) is 11.4. The van der Waals surface area contributed by atoms with E-state index in [0.29, 0.717) is 32.6 Å². The molecular weight excluding hydrogens is 281 g/mol. The Morgan fingerprint density at radius 1 is 1.35 bits per heavy atom. The molecule has 1 atom stereocenters. The molecule has 0 aliphatic carbocycles. The van der Waals surface area contributed by atoms with E-state index < -0.39 is 6.10 Å². The van der Waals surface area contributed by atoms with Gasteiger partial charge in [-0.25, -0.2) is 4.39 Å². The van der Waals surface area contributed by atoms with Gasteiger partial charge in [0.05, 0.1) is 16.5 Å². The van der Waals surface area contributed by atoms with Gasteiger partial charge in [-0.3, -0.25) is 0 Å². The molecule has 0 spiro atoms. The van der Waals surface area contributed by atoms with Crippen molar-refractivity contribution in [3.8, 4) is 11.1 Å². The summed E-state index contributed by atoms with van der Waals surface area (Å²) in [6.07, 6.45) is 0.679. The lowest BCUT2D eigenvalue weighted by atomic mass is 9.94. The van der Waals surface area contributed by atoms with Crippen molar-refractivity contribution in [1.82, 2.24) is 5.16 Å². The first-order valence-electron chi connectivity index (χ1n) is 6.08. The molecule has 0 bridgehead atoms. The lowest BCUT2D eigenvalue weighted by Crippen LogP contribution is -1.97. The Hall–Kier alpha value is -1.91. The second-order valence-electron chi connectivity index (χ2n) is 4.59. The minimum absolute atomic E-state index is 0.356. The van der Waals surface area contributed by atoms with E-state index in [4.69, 9.17) is 16.1 Å². The standard InChI is InChI=1S/C15H11ClFNO2/c1-8(19)11-6-13(16)12-7-20-18-15(12)14(11)9-3-2-4-10(17)5-9/h2-8,19H,1H3. The first kappa shape index (κ1) is 13.1. The van der Waals surface area contributed by atoms with Crippen molar-refractivity contribution in [2.24, 2.45) is 0 Å². The number of aliphatic hydroxyl groups is 1. The van der Waals surface area contributed by atoms with Crippen molar-refractivity contribution in [1.29, 1.82) is 0 Å². The van der Waals surface area contributed by atoms with E-state index in [1.165, 1.54) is 18.4 Å². The van der Waals surface area contributed by atoms with E-state index in [1.807, 2.05) is 0 Å². The Labute approximate surface area is 119 Å². The van der Waals surface area contributed by atoms with Crippen LogP contribution in [0.25, 0.3) is 22.0 Å². The molecule has 0 aliphatic heterocycles. The number of aliphatic hydroxyl groups excluding tert-OH is 1. The zero-order chi connectivity index (χ0) is 14.3. The van der Waals surface area contributed by atoms with Gasteiger partial charge in [0.15, 0.2) is 0 Å². The number of aromatic nitrogens is 1. The summed E-state index contributed by atoms with van der Waals surface area (Å²) in [5.41, 5.74) is 2.35.